The van der Waals surface area contributed by atoms with Gasteiger partial charge in [-0.2, -0.15) is 0 Å². The second kappa shape index (κ2) is 6.80. The first-order valence-electron chi connectivity index (χ1n) is 5.83. The van der Waals surface area contributed by atoms with E-state index >= 15 is 0 Å². The van der Waals surface area contributed by atoms with Gasteiger partial charge < -0.3 is 9.47 Å². The lowest BCUT2D eigenvalue weighted by Crippen LogP contribution is -1.92. The molecule has 0 saturated heterocycles. The summed E-state index contributed by atoms with van der Waals surface area (Å²) in [5.74, 6) is 1.80. The maximum absolute atomic E-state index is 5.98. The average Bonchev–Trinajstić information content (AvgIpc) is 2.40. The van der Waals surface area contributed by atoms with E-state index in [0.29, 0.717) is 23.3 Å². The van der Waals surface area contributed by atoms with Gasteiger partial charge >= 0.3 is 0 Å². The molecule has 0 spiro atoms. The van der Waals surface area contributed by atoms with Crippen LogP contribution < -0.4 is 4.74 Å². The molecule has 2 nitrogen and oxygen atoms in total. The van der Waals surface area contributed by atoms with Crippen molar-refractivity contribution in [1.82, 2.24) is 0 Å². The molecule has 0 aliphatic carbocycles. The van der Waals surface area contributed by atoms with Crippen LogP contribution in [0.5, 0.6) is 11.5 Å². The maximum atomic E-state index is 5.98. The summed E-state index contributed by atoms with van der Waals surface area (Å²) in [5.41, 5.74) is 1.96. The van der Waals surface area contributed by atoms with Crippen LogP contribution in [-0.2, 0) is 17.2 Å². The van der Waals surface area contributed by atoms with Crippen LogP contribution in [0.4, 0.5) is 0 Å². The molecule has 0 unspecified atom stereocenters. The predicted molar refractivity (Wildman–Crippen MR) is 78.2 cm³/mol. The SMILES string of the molecule is COCc1cccc(Oc2cc(Cl)ccc2CCl)c1. The van der Waals surface area contributed by atoms with Gasteiger partial charge in [-0.15, -0.1) is 11.6 Å². The van der Waals surface area contributed by atoms with Crippen LogP contribution in [0, 0.1) is 0 Å². The molecule has 4 heteroatoms. The molecule has 0 saturated carbocycles. The van der Waals surface area contributed by atoms with E-state index in [2.05, 4.69) is 0 Å². The van der Waals surface area contributed by atoms with Crippen LogP contribution in [0.2, 0.25) is 5.02 Å². The standard InChI is InChI=1S/C15H14Cl2O2/c1-18-10-11-3-2-4-14(7-11)19-15-8-13(17)6-5-12(15)9-16/h2-8H,9-10H2,1H3. The summed E-state index contributed by atoms with van der Waals surface area (Å²) < 4.78 is 10.9. The molecule has 2 aromatic rings. The van der Waals surface area contributed by atoms with E-state index in [0.717, 1.165) is 16.9 Å². The Morgan fingerprint density at radius 2 is 1.95 bits per heavy atom. The van der Waals surface area contributed by atoms with Gasteiger partial charge in [-0.25, -0.2) is 0 Å². The summed E-state index contributed by atoms with van der Waals surface area (Å²) in [4.78, 5) is 0. The molecule has 0 aliphatic rings. The number of hydrogen-bond acceptors (Lipinski definition) is 2. The topological polar surface area (TPSA) is 18.5 Å². The largest absolute Gasteiger partial charge is 0.457 e. The van der Waals surface area contributed by atoms with E-state index in [-0.39, 0.29) is 0 Å². The zero-order valence-corrected chi connectivity index (χ0v) is 12.0. The van der Waals surface area contributed by atoms with Gasteiger partial charge in [-0.1, -0.05) is 29.8 Å². The van der Waals surface area contributed by atoms with Gasteiger partial charge in [-0.3, -0.25) is 0 Å². The van der Waals surface area contributed by atoms with Gasteiger partial charge in [0.15, 0.2) is 0 Å². The molecule has 0 fully saturated rings. The summed E-state index contributed by atoms with van der Waals surface area (Å²) >= 11 is 11.9. The Morgan fingerprint density at radius 3 is 2.68 bits per heavy atom. The summed E-state index contributed by atoms with van der Waals surface area (Å²) in [7, 11) is 1.66. The van der Waals surface area contributed by atoms with E-state index in [1.807, 2.05) is 30.3 Å². The third-order valence-electron chi connectivity index (χ3n) is 2.61. The van der Waals surface area contributed by atoms with Gasteiger partial charge in [0.2, 0.25) is 0 Å². The van der Waals surface area contributed by atoms with Crippen molar-refractivity contribution < 1.29 is 9.47 Å². The van der Waals surface area contributed by atoms with E-state index in [1.165, 1.54) is 0 Å². The molecule has 100 valence electrons. The van der Waals surface area contributed by atoms with Gasteiger partial charge in [0, 0.05) is 17.7 Å². The molecule has 0 aliphatic heterocycles. The number of alkyl halides is 1. The van der Waals surface area contributed by atoms with Crippen molar-refractivity contribution in [3.63, 3.8) is 0 Å². The van der Waals surface area contributed by atoms with Crippen molar-refractivity contribution >= 4 is 23.2 Å². The molecule has 0 heterocycles. The smallest absolute Gasteiger partial charge is 0.133 e. The van der Waals surface area contributed by atoms with Crippen LogP contribution >= 0.6 is 23.2 Å². The monoisotopic (exact) mass is 296 g/mol. The van der Waals surface area contributed by atoms with E-state index in [4.69, 9.17) is 32.7 Å². The van der Waals surface area contributed by atoms with Gasteiger partial charge in [0.25, 0.3) is 0 Å². The zero-order valence-electron chi connectivity index (χ0n) is 10.5. The Labute approximate surface area is 122 Å². The molecule has 0 N–H and O–H groups in total. The van der Waals surface area contributed by atoms with Crippen molar-refractivity contribution in [2.45, 2.75) is 12.5 Å². The highest BCUT2D eigenvalue weighted by Crippen LogP contribution is 2.30. The molecule has 0 bridgehead atoms. The number of benzene rings is 2. The fourth-order valence-corrected chi connectivity index (χ4v) is 2.11. The zero-order chi connectivity index (χ0) is 13.7. The van der Waals surface area contributed by atoms with Crippen molar-refractivity contribution in [2.24, 2.45) is 0 Å². The Hall–Kier alpha value is -1.22. The van der Waals surface area contributed by atoms with Gasteiger partial charge in [-0.05, 0) is 29.8 Å². The molecule has 0 amide bonds. The van der Waals surface area contributed by atoms with Gasteiger partial charge in [0.05, 0.1) is 12.5 Å². The van der Waals surface area contributed by atoms with Crippen LogP contribution in [0.1, 0.15) is 11.1 Å². The number of ether oxygens (including phenoxy) is 2. The number of methoxy groups -OCH3 is 1. The molecule has 19 heavy (non-hydrogen) atoms. The quantitative estimate of drug-likeness (QED) is 0.722. The van der Waals surface area contributed by atoms with E-state index in [1.54, 1.807) is 19.2 Å². The highest BCUT2D eigenvalue weighted by Gasteiger charge is 2.06. The number of rotatable bonds is 5. The highest BCUT2D eigenvalue weighted by molar-refractivity contribution is 6.30. The molecule has 2 aromatic carbocycles. The maximum Gasteiger partial charge on any atom is 0.133 e. The normalized spacial score (nSPS) is 10.5. The second-order valence-electron chi connectivity index (χ2n) is 4.07. The molecule has 2 rings (SSSR count). The Balaban J connectivity index is 2.25. The Morgan fingerprint density at radius 1 is 1.11 bits per heavy atom. The average molecular weight is 297 g/mol. The summed E-state index contributed by atoms with van der Waals surface area (Å²) in [5, 5.41) is 0.622. The molecule has 0 radical (unpaired) electrons. The highest BCUT2D eigenvalue weighted by atomic mass is 35.5. The van der Waals surface area contributed by atoms with Crippen LogP contribution in [-0.4, -0.2) is 7.11 Å². The van der Waals surface area contributed by atoms with Crippen molar-refractivity contribution in [3.05, 3.63) is 58.6 Å². The lowest BCUT2D eigenvalue weighted by Gasteiger charge is -2.11. The second-order valence-corrected chi connectivity index (χ2v) is 4.77. The van der Waals surface area contributed by atoms with Crippen molar-refractivity contribution in [1.29, 1.82) is 0 Å². The minimum absolute atomic E-state index is 0.379. The number of hydrogen-bond donors (Lipinski definition) is 0. The third kappa shape index (κ3) is 3.87. The summed E-state index contributed by atoms with van der Waals surface area (Å²) in [6.07, 6.45) is 0. The minimum atomic E-state index is 0.379. The molecule has 0 aromatic heterocycles. The molecular weight excluding hydrogens is 283 g/mol. The number of halogens is 2. The first-order valence-corrected chi connectivity index (χ1v) is 6.74. The van der Waals surface area contributed by atoms with Crippen LogP contribution in [0.15, 0.2) is 42.5 Å². The van der Waals surface area contributed by atoms with Gasteiger partial charge in [0.1, 0.15) is 11.5 Å². The summed E-state index contributed by atoms with van der Waals surface area (Å²) in [6.45, 7) is 0.551. The predicted octanol–water partition coefficient (Wildman–Crippen LogP) is 5.02. The van der Waals surface area contributed by atoms with Crippen LogP contribution in [0.25, 0.3) is 0 Å². The lowest BCUT2D eigenvalue weighted by molar-refractivity contribution is 0.184. The minimum Gasteiger partial charge on any atom is -0.457 e. The van der Waals surface area contributed by atoms with Crippen molar-refractivity contribution in [3.8, 4) is 11.5 Å². The fourth-order valence-electron chi connectivity index (χ4n) is 1.73. The first-order chi connectivity index (χ1) is 9.22. The Bertz CT molecular complexity index is 556. The first kappa shape index (κ1) is 14.2. The van der Waals surface area contributed by atoms with Crippen molar-refractivity contribution in [2.75, 3.05) is 7.11 Å². The molecule has 0 atom stereocenters. The van der Waals surface area contributed by atoms with E-state index in [9.17, 15) is 0 Å². The molecular formula is C15H14Cl2O2. The van der Waals surface area contributed by atoms with Crippen LogP contribution in [0.3, 0.4) is 0 Å². The fraction of sp³-hybridized carbons (Fsp3) is 0.200. The summed E-state index contributed by atoms with van der Waals surface area (Å²) in [6, 6.07) is 13.2. The van der Waals surface area contributed by atoms with E-state index < -0.39 is 0 Å². The lowest BCUT2D eigenvalue weighted by atomic mass is 10.2. The Kier molecular flexibility index (Phi) is 5.08. The third-order valence-corrected chi connectivity index (χ3v) is 3.13.